The summed E-state index contributed by atoms with van der Waals surface area (Å²) in [6.45, 7) is 0. The number of halogens is 6. The quantitative estimate of drug-likeness (QED) is 0.473. The standard InChI is InChI=1S/C11H5F6NO3S/c1-20-9(19)6-3-7(21-10(12,13)14)8(2-5(6)4-18)22-11(15,16)17/h2-3H,1H3. The number of esters is 1. The van der Waals surface area contributed by atoms with E-state index < -0.39 is 51.4 Å². The second kappa shape index (κ2) is 6.35. The molecule has 11 heteroatoms. The number of hydrogen-bond donors (Lipinski definition) is 0. The molecule has 0 aliphatic carbocycles. The van der Waals surface area contributed by atoms with E-state index in [1.165, 1.54) is 6.07 Å². The molecule has 1 rings (SSSR count). The van der Waals surface area contributed by atoms with E-state index in [1.54, 1.807) is 0 Å². The minimum atomic E-state index is -5.28. The van der Waals surface area contributed by atoms with Gasteiger partial charge < -0.3 is 9.47 Å². The Morgan fingerprint density at radius 3 is 2.23 bits per heavy atom. The van der Waals surface area contributed by atoms with Crippen molar-refractivity contribution in [2.45, 2.75) is 16.8 Å². The van der Waals surface area contributed by atoms with Crippen LogP contribution in [0.15, 0.2) is 17.0 Å². The normalized spacial score (nSPS) is 11.7. The zero-order valence-electron chi connectivity index (χ0n) is 10.5. The van der Waals surface area contributed by atoms with Crippen molar-refractivity contribution in [3.8, 4) is 11.8 Å². The van der Waals surface area contributed by atoms with Crippen LogP contribution < -0.4 is 4.74 Å². The van der Waals surface area contributed by atoms with Gasteiger partial charge in [0.05, 0.1) is 23.1 Å². The molecular formula is C11H5F6NO3S. The van der Waals surface area contributed by atoms with Crippen LogP contribution in [0.25, 0.3) is 0 Å². The Morgan fingerprint density at radius 2 is 1.82 bits per heavy atom. The monoisotopic (exact) mass is 345 g/mol. The molecule has 0 saturated carbocycles. The number of thioether (sulfide) groups is 1. The van der Waals surface area contributed by atoms with Crippen LogP contribution in [0.3, 0.4) is 0 Å². The van der Waals surface area contributed by atoms with Gasteiger partial charge in [0.1, 0.15) is 11.8 Å². The number of hydrogen-bond acceptors (Lipinski definition) is 5. The first-order chi connectivity index (χ1) is 9.96. The van der Waals surface area contributed by atoms with Gasteiger partial charge in [-0.2, -0.15) is 18.4 Å². The third kappa shape index (κ3) is 5.03. The zero-order chi connectivity index (χ0) is 17.1. The van der Waals surface area contributed by atoms with Crippen LogP contribution in [0.1, 0.15) is 15.9 Å². The largest absolute Gasteiger partial charge is 0.573 e. The number of nitrogens with zero attached hydrogens (tertiary/aromatic N) is 1. The fourth-order valence-corrected chi connectivity index (χ4v) is 1.97. The lowest BCUT2D eigenvalue weighted by atomic mass is 10.1. The Balaban J connectivity index is 3.47. The van der Waals surface area contributed by atoms with Gasteiger partial charge in [0.25, 0.3) is 0 Å². The van der Waals surface area contributed by atoms with Crippen LogP contribution in [-0.2, 0) is 4.74 Å². The lowest BCUT2D eigenvalue weighted by molar-refractivity contribution is -0.275. The molecule has 0 amide bonds. The van der Waals surface area contributed by atoms with Crippen LogP contribution >= 0.6 is 11.8 Å². The number of alkyl halides is 6. The van der Waals surface area contributed by atoms with Crippen LogP contribution in [0.5, 0.6) is 5.75 Å². The van der Waals surface area contributed by atoms with Gasteiger partial charge in [0.15, 0.2) is 0 Å². The molecule has 0 bridgehead atoms. The fraction of sp³-hybridized carbons (Fsp3) is 0.273. The van der Waals surface area contributed by atoms with E-state index in [0.717, 1.165) is 7.11 Å². The summed E-state index contributed by atoms with van der Waals surface area (Å²) in [4.78, 5) is 10.4. The highest BCUT2D eigenvalue weighted by atomic mass is 32.2. The summed E-state index contributed by atoms with van der Waals surface area (Å²) in [6, 6.07) is 2.27. The highest BCUT2D eigenvalue weighted by Crippen LogP contribution is 2.43. The average Bonchev–Trinajstić information content (AvgIpc) is 2.36. The van der Waals surface area contributed by atoms with Crippen molar-refractivity contribution < 1.29 is 40.6 Å². The van der Waals surface area contributed by atoms with E-state index in [1.807, 2.05) is 0 Å². The highest BCUT2D eigenvalue weighted by Gasteiger charge is 2.36. The predicted octanol–water partition coefficient (Wildman–Crippen LogP) is 3.86. The van der Waals surface area contributed by atoms with E-state index in [9.17, 15) is 31.1 Å². The van der Waals surface area contributed by atoms with Crippen LogP contribution in [0.2, 0.25) is 0 Å². The van der Waals surface area contributed by atoms with Crippen molar-refractivity contribution in [2.24, 2.45) is 0 Å². The highest BCUT2D eigenvalue weighted by molar-refractivity contribution is 8.00. The maximum atomic E-state index is 12.4. The topological polar surface area (TPSA) is 59.3 Å². The molecule has 0 saturated heterocycles. The second-order valence-electron chi connectivity index (χ2n) is 3.54. The van der Waals surface area contributed by atoms with Crippen molar-refractivity contribution >= 4 is 17.7 Å². The van der Waals surface area contributed by atoms with Crippen molar-refractivity contribution in [1.82, 2.24) is 0 Å². The van der Waals surface area contributed by atoms with E-state index in [2.05, 4.69) is 9.47 Å². The molecule has 120 valence electrons. The van der Waals surface area contributed by atoms with Crippen LogP contribution in [-0.4, -0.2) is 24.9 Å². The van der Waals surface area contributed by atoms with Gasteiger partial charge in [-0.15, -0.1) is 13.2 Å². The molecule has 0 aliphatic heterocycles. The van der Waals surface area contributed by atoms with E-state index >= 15 is 0 Å². The fourth-order valence-electron chi connectivity index (χ4n) is 1.34. The first-order valence-corrected chi connectivity index (χ1v) is 5.96. The number of benzene rings is 1. The molecule has 0 spiro atoms. The smallest absolute Gasteiger partial charge is 0.465 e. The molecule has 0 atom stereocenters. The number of ether oxygens (including phenoxy) is 2. The Labute approximate surface area is 123 Å². The molecule has 1 aromatic carbocycles. The summed E-state index contributed by atoms with van der Waals surface area (Å²) in [5, 5.41) is 8.80. The molecule has 0 radical (unpaired) electrons. The van der Waals surface area contributed by atoms with Gasteiger partial charge >= 0.3 is 17.8 Å². The number of carbonyl (C=O) groups excluding carboxylic acids is 1. The molecule has 22 heavy (non-hydrogen) atoms. The first-order valence-electron chi connectivity index (χ1n) is 5.15. The molecule has 1 aromatic rings. The first kappa shape index (κ1) is 18.0. The summed E-state index contributed by atoms with van der Waals surface area (Å²) in [5.74, 6) is -2.44. The molecule has 4 nitrogen and oxygen atoms in total. The Kier molecular flexibility index (Phi) is 5.18. The maximum absolute atomic E-state index is 12.4. The number of nitriles is 1. The van der Waals surface area contributed by atoms with Gasteiger partial charge in [-0.1, -0.05) is 0 Å². The van der Waals surface area contributed by atoms with Crippen molar-refractivity contribution in [2.75, 3.05) is 7.11 Å². The minimum absolute atomic E-state index is 0.381. The van der Waals surface area contributed by atoms with Crippen LogP contribution in [0.4, 0.5) is 26.3 Å². The van der Waals surface area contributed by atoms with E-state index in [-0.39, 0.29) is 0 Å². The summed E-state index contributed by atoms with van der Waals surface area (Å²) in [7, 11) is 0.895. The van der Waals surface area contributed by atoms with Crippen molar-refractivity contribution in [3.63, 3.8) is 0 Å². The van der Waals surface area contributed by atoms with Gasteiger partial charge in [0.2, 0.25) is 0 Å². The molecule has 0 N–H and O–H groups in total. The van der Waals surface area contributed by atoms with E-state index in [0.29, 0.717) is 12.1 Å². The average molecular weight is 345 g/mol. The van der Waals surface area contributed by atoms with Gasteiger partial charge in [0, 0.05) is 0 Å². The predicted molar refractivity (Wildman–Crippen MR) is 61.1 cm³/mol. The Hall–Kier alpha value is -2.09. The summed E-state index contributed by atoms with van der Waals surface area (Å²) in [5.41, 5.74) is -6.13. The van der Waals surface area contributed by atoms with Crippen LogP contribution in [0, 0.1) is 11.3 Å². The summed E-state index contributed by atoms with van der Waals surface area (Å²) in [6.07, 6.45) is -5.28. The number of methoxy groups -OCH3 is 1. The van der Waals surface area contributed by atoms with E-state index in [4.69, 9.17) is 5.26 Å². The molecule has 0 aliphatic rings. The molecule has 0 aromatic heterocycles. The summed E-state index contributed by atoms with van der Waals surface area (Å²) < 4.78 is 81.6. The second-order valence-corrected chi connectivity index (χ2v) is 4.65. The SMILES string of the molecule is COC(=O)c1cc(OC(F)(F)F)c(SC(F)(F)F)cc1C#N. The number of carbonyl (C=O) groups is 1. The third-order valence-corrected chi connectivity index (χ3v) is 2.83. The van der Waals surface area contributed by atoms with Crippen molar-refractivity contribution in [3.05, 3.63) is 23.3 Å². The lowest BCUT2D eigenvalue weighted by Gasteiger charge is -2.15. The zero-order valence-corrected chi connectivity index (χ0v) is 11.3. The molecule has 0 heterocycles. The number of rotatable bonds is 3. The third-order valence-electron chi connectivity index (χ3n) is 2.06. The minimum Gasteiger partial charge on any atom is -0.465 e. The molecular weight excluding hydrogens is 340 g/mol. The summed E-state index contributed by atoms with van der Waals surface area (Å²) >= 11 is -0.903. The van der Waals surface area contributed by atoms with Gasteiger partial charge in [-0.05, 0) is 23.9 Å². The maximum Gasteiger partial charge on any atom is 0.573 e. The lowest BCUT2D eigenvalue weighted by Crippen LogP contribution is -2.19. The Bertz CT molecular complexity index is 620. The van der Waals surface area contributed by atoms with Gasteiger partial charge in [-0.3, -0.25) is 0 Å². The molecule has 0 fully saturated rings. The Morgan fingerprint density at radius 1 is 1.23 bits per heavy atom. The van der Waals surface area contributed by atoms with Crippen molar-refractivity contribution in [1.29, 1.82) is 5.26 Å². The van der Waals surface area contributed by atoms with Gasteiger partial charge in [-0.25, -0.2) is 4.79 Å². The molecule has 0 unspecified atom stereocenters.